The van der Waals surface area contributed by atoms with Crippen molar-refractivity contribution in [3.63, 3.8) is 0 Å². The first-order chi connectivity index (χ1) is 7.04. The van der Waals surface area contributed by atoms with Gasteiger partial charge in [0, 0.05) is 24.1 Å². The molecule has 0 radical (unpaired) electrons. The number of nitrogens with zero attached hydrogens (tertiary/aromatic N) is 2. The Labute approximate surface area is 89.6 Å². The third-order valence-electron chi connectivity index (χ3n) is 2.29. The second-order valence-corrected chi connectivity index (χ2v) is 3.72. The largest absolute Gasteiger partial charge is 0.480 e. The number of rotatable bonds is 4. The van der Waals surface area contributed by atoms with Gasteiger partial charge in [-0.15, -0.1) is 0 Å². The van der Waals surface area contributed by atoms with E-state index in [1.165, 1.54) is 0 Å². The number of aliphatic carboxylic acids is 1. The minimum absolute atomic E-state index is 0.137. The van der Waals surface area contributed by atoms with Crippen molar-refractivity contribution in [2.75, 3.05) is 4.90 Å². The highest BCUT2D eigenvalue weighted by Crippen LogP contribution is 2.18. The van der Waals surface area contributed by atoms with Gasteiger partial charge in [0.2, 0.25) is 0 Å². The summed E-state index contributed by atoms with van der Waals surface area (Å²) in [5.41, 5.74) is 0.884. The van der Waals surface area contributed by atoms with E-state index in [-0.39, 0.29) is 6.04 Å². The Bertz CT molecular complexity index is 325. The quantitative estimate of drug-likeness (QED) is 0.819. The summed E-state index contributed by atoms with van der Waals surface area (Å²) in [7, 11) is 0. The predicted molar refractivity (Wildman–Crippen MR) is 58.9 cm³/mol. The van der Waals surface area contributed by atoms with E-state index in [0.29, 0.717) is 0 Å². The van der Waals surface area contributed by atoms with E-state index in [9.17, 15) is 4.79 Å². The summed E-state index contributed by atoms with van der Waals surface area (Å²) in [6.07, 6.45) is 3.33. The van der Waals surface area contributed by atoms with Gasteiger partial charge < -0.3 is 10.0 Å². The molecule has 1 atom stereocenters. The van der Waals surface area contributed by atoms with Gasteiger partial charge in [-0.2, -0.15) is 0 Å². The second kappa shape index (κ2) is 4.77. The predicted octanol–water partition coefficient (Wildman–Crippen LogP) is 1.77. The van der Waals surface area contributed by atoms with Crippen LogP contribution >= 0.6 is 0 Å². The van der Waals surface area contributed by atoms with E-state index in [2.05, 4.69) is 4.98 Å². The molecule has 1 unspecified atom stereocenters. The van der Waals surface area contributed by atoms with E-state index < -0.39 is 12.0 Å². The van der Waals surface area contributed by atoms with Gasteiger partial charge >= 0.3 is 5.97 Å². The third kappa shape index (κ3) is 2.68. The molecule has 0 saturated heterocycles. The fourth-order valence-electron chi connectivity index (χ4n) is 1.60. The molecule has 1 N–H and O–H groups in total. The lowest BCUT2D eigenvalue weighted by Gasteiger charge is -2.32. The van der Waals surface area contributed by atoms with Crippen molar-refractivity contribution in [2.24, 2.45) is 0 Å². The van der Waals surface area contributed by atoms with Crippen molar-refractivity contribution in [2.45, 2.75) is 32.9 Å². The molecule has 0 amide bonds. The molecule has 82 valence electrons. The van der Waals surface area contributed by atoms with Crippen LogP contribution in [0.5, 0.6) is 0 Å². The van der Waals surface area contributed by atoms with Crippen molar-refractivity contribution in [3.05, 3.63) is 24.5 Å². The topological polar surface area (TPSA) is 53.4 Å². The summed E-state index contributed by atoms with van der Waals surface area (Å²) < 4.78 is 0. The first kappa shape index (κ1) is 11.5. The van der Waals surface area contributed by atoms with Crippen molar-refractivity contribution < 1.29 is 9.90 Å². The first-order valence-corrected chi connectivity index (χ1v) is 4.95. The third-order valence-corrected chi connectivity index (χ3v) is 2.29. The Morgan fingerprint density at radius 2 is 1.87 bits per heavy atom. The van der Waals surface area contributed by atoms with Crippen LogP contribution in [0.4, 0.5) is 5.69 Å². The summed E-state index contributed by atoms with van der Waals surface area (Å²) >= 11 is 0. The number of carboxylic acid groups (broad SMARTS) is 1. The van der Waals surface area contributed by atoms with Crippen LogP contribution in [0, 0.1) is 0 Å². The summed E-state index contributed by atoms with van der Waals surface area (Å²) in [4.78, 5) is 16.7. The van der Waals surface area contributed by atoms with Crippen molar-refractivity contribution in [3.8, 4) is 0 Å². The van der Waals surface area contributed by atoms with E-state index in [1.54, 1.807) is 19.3 Å². The van der Waals surface area contributed by atoms with Gasteiger partial charge in [-0.05, 0) is 32.9 Å². The molecule has 15 heavy (non-hydrogen) atoms. The SMILES string of the molecule is CC(C)N(c1ccncc1)C(C)C(=O)O. The van der Waals surface area contributed by atoms with Crippen molar-refractivity contribution in [1.29, 1.82) is 0 Å². The lowest BCUT2D eigenvalue weighted by atomic mass is 10.2. The maximum absolute atomic E-state index is 11.0. The van der Waals surface area contributed by atoms with Crippen LogP contribution in [0.1, 0.15) is 20.8 Å². The Morgan fingerprint density at radius 3 is 2.27 bits per heavy atom. The molecule has 4 heteroatoms. The second-order valence-electron chi connectivity index (χ2n) is 3.72. The molecule has 4 nitrogen and oxygen atoms in total. The Hall–Kier alpha value is -1.58. The maximum Gasteiger partial charge on any atom is 0.326 e. The molecule has 0 aromatic carbocycles. The number of carbonyl (C=O) groups is 1. The molecule has 0 aliphatic heterocycles. The number of carboxylic acids is 1. The van der Waals surface area contributed by atoms with E-state index >= 15 is 0 Å². The van der Waals surface area contributed by atoms with Crippen molar-refractivity contribution in [1.82, 2.24) is 4.98 Å². The van der Waals surface area contributed by atoms with Gasteiger partial charge in [-0.25, -0.2) is 4.79 Å². The number of aromatic nitrogens is 1. The zero-order valence-corrected chi connectivity index (χ0v) is 9.21. The lowest BCUT2D eigenvalue weighted by molar-refractivity contribution is -0.138. The summed E-state index contributed by atoms with van der Waals surface area (Å²) in [6, 6.07) is 3.24. The summed E-state index contributed by atoms with van der Waals surface area (Å²) in [5.74, 6) is -0.819. The van der Waals surface area contributed by atoms with Crippen LogP contribution < -0.4 is 4.90 Å². The molecule has 0 aliphatic carbocycles. The minimum Gasteiger partial charge on any atom is -0.480 e. The highest BCUT2D eigenvalue weighted by atomic mass is 16.4. The van der Waals surface area contributed by atoms with Crippen LogP contribution in [-0.4, -0.2) is 28.1 Å². The van der Waals surface area contributed by atoms with Gasteiger partial charge in [-0.1, -0.05) is 0 Å². The molecular formula is C11H16N2O2. The molecule has 1 aromatic rings. The monoisotopic (exact) mass is 208 g/mol. The van der Waals surface area contributed by atoms with Crippen LogP contribution in [0.25, 0.3) is 0 Å². The Kier molecular flexibility index (Phi) is 3.66. The van der Waals surface area contributed by atoms with Crippen LogP contribution in [0.3, 0.4) is 0 Å². The maximum atomic E-state index is 11.0. The van der Waals surface area contributed by atoms with Crippen LogP contribution in [0.2, 0.25) is 0 Å². The molecule has 1 rings (SSSR count). The molecule has 0 saturated carbocycles. The van der Waals surface area contributed by atoms with E-state index in [4.69, 9.17) is 5.11 Å². The van der Waals surface area contributed by atoms with Gasteiger partial charge in [0.25, 0.3) is 0 Å². The molecule has 0 fully saturated rings. The average Bonchev–Trinajstić information content (AvgIpc) is 2.18. The fourth-order valence-corrected chi connectivity index (χ4v) is 1.60. The number of hydrogen-bond donors (Lipinski definition) is 1. The van der Waals surface area contributed by atoms with E-state index in [1.807, 2.05) is 30.9 Å². The molecule has 1 aromatic heterocycles. The number of hydrogen-bond acceptors (Lipinski definition) is 3. The summed E-state index contributed by atoms with van der Waals surface area (Å²) in [6.45, 7) is 5.63. The number of anilines is 1. The van der Waals surface area contributed by atoms with E-state index in [0.717, 1.165) is 5.69 Å². The number of pyridine rings is 1. The zero-order valence-electron chi connectivity index (χ0n) is 9.21. The highest BCUT2D eigenvalue weighted by Gasteiger charge is 2.23. The Balaban J connectivity index is 2.99. The zero-order chi connectivity index (χ0) is 11.4. The normalized spacial score (nSPS) is 12.5. The van der Waals surface area contributed by atoms with Crippen LogP contribution in [0.15, 0.2) is 24.5 Å². The molecular weight excluding hydrogens is 192 g/mol. The van der Waals surface area contributed by atoms with Crippen LogP contribution in [-0.2, 0) is 4.79 Å². The van der Waals surface area contributed by atoms with Gasteiger partial charge in [0.15, 0.2) is 0 Å². The standard InChI is InChI=1S/C11H16N2O2/c1-8(2)13(9(3)11(14)15)10-4-6-12-7-5-10/h4-9H,1-3H3,(H,14,15). The minimum atomic E-state index is -0.819. The van der Waals surface area contributed by atoms with Gasteiger partial charge in [0.05, 0.1) is 0 Å². The smallest absolute Gasteiger partial charge is 0.326 e. The summed E-state index contributed by atoms with van der Waals surface area (Å²) in [5, 5.41) is 9.01. The first-order valence-electron chi connectivity index (χ1n) is 4.95. The highest BCUT2D eigenvalue weighted by molar-refractivity contribution is 5.77. The Morgan fingerprint density at radius 1 is 1.33 bits per heavy atom. The molecule has 0 bridgehead atoms. The molecule has 0 spiro atoms. The average molecular weight is 208 g/mol. The lowest BCUT2D eigenvalue weighted by Crippen LogP contribution is -2.43. The molecule has 1 heterocycles. The van der Waals surface area contributed by atoms with Gasteiger partial charge in [-0.3, -0.25) is 4.98 Å². The van der Waals surface area contributed by atoms with Crippen molar-refractivity contribution >= 4 is 11.7 Å². The molecule has 0 aliphatic rings. The van der Waals surface area contributed by atoms with Gasteiger partial charge in [0.1, 0.15) is 6.04 Å². The fraction of sp³-hybridized carbons (Fsp3) is 0.455.